The predicted octanol–water partition coefficient (Wildman–Crippen LogP) is 4.78. The summed E-state index contributed by atoms with van der Waals surface area (Å²) in [4.78, 5) is 22.6. The Kier molecular flexibility index (Phi) is 7.67. The minimum atomic E-state index is -2.37. The lowest BCUT2D eigenvalue weighted by molar-refractivity contribution is -0.384. The summed E-state index contributed by atoms with van der Waals surface area (Å²) in [5.41, 5.74) is 1.20. The fraction of sp³-hybridized carbons (Fsp3) is 0.632. The Bertz CT molecular complexity index is 606. The van der Waals surface area contributed by atoms with Crippen LogP contribution in [0.2, 0.25) is 16.6 Å². The molecule has 0 saturated carbocycles. The molecule has 0 aliphatic rings. The van der Waals surface area contributed by atoms with Crippen molar-refractivity contribution in [3.8, 4) is 0 Å². The number of hydrogen-bond acceptors (Lipinski definition) is 5. The first-order valence-electron chi connectivity index (χ1n) is 9.05. The van der Waals surface area contributed by atoms with Crippen molar-refractivity contribution in [1.82, 2.24) is 0 Å². The molecule has 26 heavy (non-hydrogen) atoms. The molecule has 0 bridgehead atoms. The van der Waals surface area contributed by atoms with E-state index in [1.165, 1.54) is 31.2 Å². The highest BCUT2D eigenvalue weighted by molar-refractivity contribution is 6.77. The van der Waals surface area contributed by atoms with Crippen molar-refractivity contribution >= 4 is 19.8 Å². The van der Waals surface area contributed by atoms with Crippen LogP contribution in [-0.4, -0.2) is 30.2 Å². The van der Waals surface area contributed by atoms with Gasteiger partial charge in [-0.2, -0.15) is 0 Å². The molecule has 0 radical (unpaired) electrons. The van der Waals surface area contributed by atoms with E-state index in [1.807, 2.05) is 0 Å². The second kappa shape index (κ2) is 8.88. The van der Waals surface area contributed by atoms with Gasteiger partial charge in [-0.05, 0) is 41.2 Å². The zero-order valence-electron chi connectivity index (χ0n) is 16.7. The van der Waals surface area contributed by atoms with Gasteiger partial charge in [-0.1, -0.05) is 41.5 Å². The first-order valence-corrected chi connectivity index (χ1v) is 11.2. The van der Waals surface area contributed by atoms with Gasteiger partial charge in [0.2, 0.25) is 8.32 Å². The maximum absolute atomic E-state index is 12.3. The van der Waals surface area contributed by atoms with Gasteiger partial charge in [0.05, 0.1) is 4.92 Å². The van der Waals surface area contributed by atoms with Gasteiger partial charge in [0, 0.05) is 12.1 Å². The zero-order valence-corrected chi connectivity index (χ0v) is 17.7. The molecule has 7 heteroatoms. The van der Waals surface area contributed by atoms with Crippen LogP contribution in [0.25, 0.3) is 0 Å². The molecule has 0 spiro atoms. The van der Waals surface area contributed by atoms with E-state index < -0.39 is 25.4 Å². The van der Waals surface area contributed by atoms with Crippen molar-refractivity contribution in [1.29, 1.82) is 0 Å². The highest BCUT2D eigenvalue weighted by Gasteiger charge is 2.48. The van der Waals surface area contributed by atoms with E-state index in [0.717, 1.165) is 0 Å². The third-order valence-corrected chi connectivity index (χ3v) is 11.2. The summed E-state index contributed by atoms with van der Waals surface area (Å²) in [6.07, 6.45) is -2.13. The van der Waals surface area contributed by atoms with Gasteiger partial charge < -0.3 is 9.53 Å². The van der Waals surface area contributed by atoms with E-state index in [4.69, 9.17) is 4.43 Å². The van der Waals surface area contributed by atoms with E-state index in [1.54, 1.807) is 0 Å². The molecule has 1 aromatic carbocycles. The molecule has 0 unspecified atom stereocenters. The number of hydrogen-bond donors (Lipinski definition) is 1. The number of nitro groups is 1. The van der Waals surface area contributed by atoms with Crippen LogP contribution in [0.3, 0.4) is 0 Å². The average molecular weight is 382 g/mol. The molecule has 0 saturated heterocycles. The summed E-state index contributed by atoms with van der Waals surface area (Å²) in [7, 11) is -2.37. The number of nitrogens with zero attached hydrogens (tertiary/aromatic N) is 1. The number of nitro benzene ring substituents is 1. The number of aliphatic hydroxyl groups is 1. The van der Waals surface area contributed by atoms with E-state index >= 15 is 0 Å². The molecule has 1 rings (SSSR count). The maximum atomic E-state index is 12.3. The van der Waals surface area contributed by atoms with Crippen molar-refractivity contribution in [2.24, 2.45) is 0 Å². The summed E-state index contributed by atoms with van der Waals surface area (Å²) in [5, 5.41) is 21.6. The van der Waals surface area contributed by atoms with Crippen LogP contribution in [0.4, 0.5) is 5.69 Å². The summed E-state index contributed by atoms with van der Waals surface area (Å²) in [6, 6.07) is 5.61. The molecule has 0 aliphatic carbocycles. The monoisotopic (exact) mass is 381 g/mol. The van der Waals surface area contributed by atoms with Crippen molar-refractivity contribution in [3.05, 3.63) is 39.9 Å². The van der Waals surface area contributed by atoms with Gasteiger partial charge in [-0.3, -0.25) is 14.9 Å². The standard InChI is InChI=1S/C19H31NO5Si/c1-12(2)26(13(3)4,14(5)6)25-19(15(7)21)18(22)16-8-10-17(11-9-16)20(23)24/h8-14,18-19,22H,1-7H3/t18-,19-/m0/s1. The quantitative estimate of drug-likeness (QED) is 0.378. The zero-order chi connectivity index (χ0) is 20.2. The molecular weight excluding hydrogens is 350 g/mol. The Morgan fingerprint density at radius 1 is 1.04 bits per heavy atom. The van der Waals surface area contributed by atoms with E-state index in [0.29, 0.717) is 5.56 Å². The largest absolute Gasteiger partial charge is 0.403 e. The van der Waals surface area contributed by atoms with E-state index in [-0.39, 0.29) is 28.1 Å². The second-order valence-corrected chi connectivity index (χ2v) is 13.2. The number of rotatable bonds is 9. The number of non-ortho nitro benzene ring substituents is 1. The molecule has 0 aromatic heterocycles. The molecule has 146 valence electrons. The highest BCUT2D eigenvalue weighted by Crippen LogP contribution is 2.44. The number of carbonyl (C=O) groups is 1. The molecule has 6 nitrogen and oxygen atoms in total. The van der Waals surface area contributed by atoms with Gasteiger partial charge in [0.25, 0.3) is 5.69 Å². The summed E-state index contributed by atoms with van der Waals surface area (Å²) >= 11 is 0. The van der Waals surface area contributed by atoms with E-state index in [9.17, 15) is 20.0 Å². The summed E-state index contributed by atoms with van der Waals surface area (Å²) < 4.78 is 6.48. The van der Waals surface area contributed by atoms with Crippen LogP contribution in [0.1, 0.15) is 60.1 Å². The Morgan fingerprint density at radius 3 is 1.77 bits per heavy atom. The van der Waals surface area contributed by atoms with Crippen molar-refractivity contribution in [2.75, 3.05) is 0 Å². The van der Waals surface area contributed by atoms with Crippen LogP contribution in [-0.2, 0) is 9.22 Å². The third-order valence-electron chi connectivity index (χ3n) is 5.17. The smallest absolute Gasteiger partial charge is 0.269 e. The number of carbonyl (C=O) groups excluding carboxylic acids is 1. The Morgan fingerprint density at radius 2 is 1.46 bits per heavy atom. The van der Waals surface area contributed by atoms with Gasteiger partial charge in [0.1, 0.15) is 12.2 Å². The number of benzene rings is 1. The van der Waals surface area contributed by atoms with E-state index in [2.05, 4.69) is 41.5 Å². The Labute approximate surface area is 156 Å². The lowest BCUT2D eigenvalue weighted by atomic mass is 10.0. The minimum absolute atomic E-state index is 0.0588. The maximum Gasteiger partial charge on any atom is 0.269 e. The number of ketones is 1. The Hall–Kier alpha value is -1.57. The number of Topliss-reactive ketones (excluding diaryl/α,β-unsaturated/α-hetero) is 1. The third kappa shape index (κ3) is 4.58. The van der Waals surface area contributed by atoms with Gasteiger partial charge in [0.15, 0.2) is 5.78 Å². The fourth-order valence-electron chi connectivity index (χ4n) is 3.97. The summed E-state index contributed by atoms with van der Waals surface area (Å²) in [6.45, 7) is 14.1. The van der Waals surface area contributed by atoms with Crippen LogP contribution in [0.5, 0.6) is 0 Å². The van der Waals surface area contributed by atoms with Gasteiger partial charge >= 0.3 is 0 Å². The summed E-state index contributed by atoms with van der Waals surface area (Å²) in [5.74, 6) is -0.241. The Balaban J connectivity index is 3.25. The van der Waals surface area contributed by atoms with Crippen LogP contribution >= 0.6 is 0 Å². The molecule has 0 amide bonds. The van der Waals surface area contributed by atoms with Crippen molar-refractivity contribution in [3.63, 3.8) is 0 Å². The molecule has 0 aliphatic heterocycles. The highest BCUT2D eigenvalue weighted by atomic mass is 28.4. The average Bonchev–Trinajstić information content (AvgIpc) is 2.53. The molecule has 0 fully saturated rings. The molecular formula is C19H31NO5Si. The fourth-order valence-corrected chi connectivity index (χ4v) is 9.52. The van der Waals surface area contributed by atoms with Crippen molar-refractivity contribution < 1.29 is 19.3 Å². The number of aliphatic hydroxyl groups excluding tert-OH is 1. The SMILES string of the molecule is CC(=O)[C@H](O[Si](C(C)C)(C(C)C)C(C)C)[C@@H](O)c1ccc([N+](=O)[O-])cc1. The van der Waals surface area contributed by atoms with Gasteiger partial charge in [-0.25, -0.2) is 0 Å². The normalized spacial score (nSPS) is 14.7. The first kappa shape index (κ1) is 22.5. The topological polar surface area (TPSA) is 89.7 Å². The second-order valence-electron chi connectivity index (χ2n) is 7.76. The predicted molar refractivity (Wildman–Crippen MR) is 105 cm³/mol. The molecule has 1 aromatic rings. The van der Waals surface area contributed by atoms with Crippen molar-refractivity contribution in [2.45, 2.75) is 77.3 Å². The van der Waals surface area contributed by atoms with Crippen LogP contribution in [0.15, 0.2) is 24.3 Å². The minimum Gasteiger partial charge on any atom is -0.403 e. The molecule has 1 N–H and O–H groups in total. The first-order chi connectivity index (χ1) is 11.9. The van der Waals surface area contributed by atoms with Crippen LogP contribution < -0.4 is 0 Å². The van der Waals surface area contributed by atoms with Gasteiger partial charge in [-0.15, -0.1) is 0 Å². The lowest BCUT2D eigenvalue weighted by Crippen LogP contribution is -2.52. The molecule has 0 heterocycles. The molecule has 2 atom stereocenters. The van der Waals surface area contributed by atoms with Crippen LogP contribution in [0, 0.1) is 10.1 Å². The lowest BCUT2D eigenvalue weighted by Gasteiger charge is -2.45.